The first-order valence-electron chi connectivity index (χ1n) is 8.08. The smallest absolute Gasteiger partial charge is 0.307 e. The number of halogens is 1. The number of hydrogen-bond donors (Lipinski definition) is 0. The fraction of sp³-hybridized carbons (Fsp3) is 0.211. The molecule has 0 bridgehead atoms. The van der Waals surface area contributed by atoms with E-state index in [2.05, 4.69) is 10.2 Å². The van der Waals surface area contributed by atoms with E-state index < -0.39 is 6.10 Å². The molecule has 3 aromatic rings. The summed E-state index contributed by atoms with van der Waals surface area (Å²) in [5.74, 6) is 0.540. The van der Waals surface area contributed by atoms with E-state index in [0.717, 1.165) is 10.5 Å². The lowest BCUT2D eigenvalue weighted by molar-refractivity contribution is -0.149. The van der Waals surface area contributed by atoms with Crippen LogP contribution in [0.25, 0.3) is 11.5 Å². The van der Waals surface area contributed by atoms with E-state index in [-0.39, 0.29) is 24.1 Å². The van der Waals surface area contributed by atoms with Gasteiger partial charge in [0.25, 0.3) is 5.89 Å². The standard InChI is InChI=1S/C19H17FN2O3S/c1-13(18-21-22-19(25-18)14-5-3-2-4-6-14)24-17(23)11-12-26-16-9-7-15(20)8-10-16/h2-10,13H,11-12H2,1H3/t13-/m0/s1. The summed E-state index contributed by atoms with van der Waals surface area (Å²) >= 11 is 1.46. The number of carbonyl (C=O) groups is 1. The summed E-state index contributed by atoms with van der Waals surface area (Å²) in [6.45, 7) is 1.69. The van der Waals surface area contributed by atoms with Crippen LogP contribution in [-0.2, 0) is 9.53 Å². The lowest BCUT2D eigenvalue weighted by atomic mass is 10.2. The number of aromatic nitrogens is 2. The van der Waals surface area contributed by atoms with E-state index in [1.54, 1.807) is 19.1 Å². The number of ether oxygens (including phenoxy) is 1. The summed E-state index contributed by atoms with van der Waals surface area (Å²) in [5, 5.41) is 7.93. The third kappa shape index (κ3) is 4.92. The van der Waals surface area contributed by atoms with Crippen LogP contribution in [0, 0.1) is 5.82 Å². The Labute approximate surface area is 154 Å². The summed E-state index contributed by atoms with van der Waals surface area (Å²) < 4.78 is 23.8. The highest BCUT2D eigenvalue weighted by atomic mass is 32.2. The SMILES string of the molecule is C[C@H](OC(=O)CCSc1ccc(F)cc1)c1nnc(-c2ccccc2)o1. The van der Waals surface area contributed by atoms with E-state index in [0.29, 0.717) is 11.6 Å². The Kier molecular flexibility index (Phi) is 6.01. The fourth-order valence-corrected chi connectivity index (χ4v) is 3.02. The maximum atomic E-state index is 12.8. The number of nitrogens with zero attached hydrogens (tertiary/aromatic N) is 2. The molecule has 0 saturated carbocycles. The number of benzene rings is 2. The highest BCUT2D eigenvalue weighted by molar-refractivity contribution is 7.99. The monoisotopic (exact) mass is 372 g/mol. The van der Waals surface area contributed by atoms with E-state index in [1.807, 2.05) is 30.3 Å². The average Bonchev–Trinajstić information content (AvgIpc) is 3.14. The quantitative estimate of drug-likeness (QED) is 0.444. The van der Waals surface area contributed by atoms with Crippen molar-refractivity contribution < 1.29 is 18.3 Å². The highest BCUT2D eigenvalue weighted by Gasteiger charge is 2.18. The van der Waals surface area contributed by atoms with Crippen LogP contribution in [0.1, 0.15) is 25.3 Å². The normalized spacial score (nSPS) is 11.9. The molecule has 0 N–H and O–H groups in total. The van der Waals surface area contributed by atoms with Gasteiger partial charge in [-0.3, -0.25) is 4.79 Å². The van der Waals surface area contributed by atoms with Gasteiger partial charge in [0.15, 0.2) is 6.10 Å². The Morgan fingerprint density at radius 1 is 1.15 bits per heavy atom. The molecule has 26 heavy (non-hydrogen) atoms. The zero-order valence-electron chi connectivity index (χ0n) is 14.1. The molecule has 0 amide bonds. The Hall–Kier alpha value is -2.67. The predicted octanol–water partition coefficient (Wildman–Crippen LogP) is 4.66. The van der Waals surface area contributed by atoms with Crippen molar-refractivity contribution >= 4 is 17.7 Å². The minimum absolute atomic E-state index is 0.228. The van der Waals surface area contributed by atoms with Gasteiger partial charge in [-0.2, -0.15) is 0 Å². The summed E-state index contributed by atoms with van der Waals surface area (Å²) in [4.78, 5) is 12.9. The molecular weight excluding hydrogens is 355 g/mol. The molecule has 1 atom stereocenters. The van der Waals surface area contributed by atoms with Gasteiger partial charge in [0.1, 0.15) is 5.82 Å². The molecule has 134 valence electrons. The third-order valence-corrected chi connectivity index (χ3v) is 4.52. The van der Waals surface area contributed by atoms with Crippen molar-refractivity contribution in [3.8, 4) is 11.5 Å². The molecule has 7 heteroatoms. The first kappa shape index (κ1) is 18.1. The highest BCUT2D eigenvalue weighted by Crippen LogP contribution is 2.23. The van der Waals surface area contributed by atoms with Gasteiger partial charge in [-0.1, -0.05) is 18.2 Å². The third-order valence-electron chi connectivity index (χ3n) is 3.51. The molecule has 0 aliphatic rings. The van der Waals surface area contributed by atoms with Crippen LogP contribution in [0.2, 0.25) is 0 Å². The molecule has 0 radical (unpaired) electrons. The summed E-state index contributed by atoms with van der Waals surface area (Å²) in [6.07, 6.45) is -0.394. The predicted molar refractivity (Wildman–Crippen MR) is 96.0 cm³/mol. The van der Waals surface area contributed by atoms with Crippen LogP contribution < -0.4 is 0 Å². The molecule has 1 heterocycles. The van der Waals surface area contributed by atoms with E-state index in [4.69, 9.17) is 9.15 Å². The van der Waals surface area contributed by atoms with Gasteiger partial charge in [0.2, 0.25) is 5.89 Å². The van der Waals surface area contributed by atoms with Crippen molar-refractivity contribution in [2.75, 3.05) is 5.75 Å². The number of rotatable bonds is 7. The summed E-state index contributed by atoms with van der Waals surface area (Å²) in [6, 6.07) is 15.5. The minimum atomic E-state index is -0.622. The van der Waals surface area contributed by atoms with Gasteiger partial charge in [0.05, 0.1) is 6.42 Å². The molecular formula is C19H17FN2O3S. The second-order valence-electron chi connectivity index (χ2n) is 5.50. The van der Waals surface area contributed by atoms with E-state index in [9.17, 15) is 9.18 Å². The van der Waals surface area contributed by atoms with Crippen molar-refractivity contribution in [2.24, 2.45) is 0 Å². The number of carbonyl (C=O) groups excluding carboxylic acids is 1. The minimum Gasteiger partial charge on any atom is -0.453 e. The molecule has 1 aromatic heterocycles. The van der Waals surface area contributed by atoms with Crippen molar-refractivity contribution in [1.82, 2.24) is 10.2 Å². The zero-order valence-corrected chi connectivity index (χ0v) is 14.9. The molecule has 0 aliphatic carbocycles. The molecule has 3 rings (SSSR count). The van der Waals surface area contributed by atoms with Crippen LogP contribution in [-0.4, -0.2) is 21.9 Å². The molecule has 2 aromatic carbocycles. The maximum Gasteiger partial charge on any atom is 0.307 e. The molecule has 0 spiro atoms. The Balaban J connectivity index is 1.48. The van der Waals surface area contributed by atoms with Crippen LogP contribution in [0.15, 0.2) is 63.9 Å². The Morgan fingerprint density at radius 3 is 2.62 bits per heavy atom. The van der Waals surface area contributed by atoms with Crippen LogP contribution >= 0.6 is 11.8 Å². The summed E-state index contributed by atoms with van der Waals surface area (Å²) in [5.41, 5.74) is 0.806. The summed E-state index contributed by atoms with van der Waals surface area (Å²) in [7, 11) is 0. The fourth-order valence-electron chi connectivity index (χ4n) is 2.19. The van der Waals surface area contributed by atoms with Crippen molar-refractivity contribution in [2.45, 2.75) is 24.3 Å². The molecule has 0 saturated heterocycles. The maximum absolute atomic E-state index is 12.8. The van der Waals surface area contributed by atoms with Gasteiger partial charge in [-0.15, -0.1) is 22.0 Å². The lowest BCUT2D eigenvalue weighted by Gasteiger charge is -2.09. The molecule has 0 aliphatic heterocycles. The van der Waals surface area contributed by atoms with Gasteiger partial charge >= 0.3 is 5.97 Å². The number of esters is 1. The Morgan fingerprint density at radius 2 is 1.88 bits per heavy atom. The Bertz CT molecular complexity index is 853. The van der Waals surface area contributed by atoms with Gasteiger partial charge in [-0.25, -0.2) is 4.39 Å². The van der Waals surface area contributed by atoms with Gasteiger partial charge in [0, 0.05) is 16.2 Å². The van der Waals surface area contributed by atoms with Gasteiger partial charge < -0.3 is 9.15 Å². The largest absolute Gasteiger partial charge is 0.453 e. The van der Waals surface area contributed by atoms with Crippen LogP contribution in [0.3, 0.4) is 0 Å². The second kappa shape index (κ2) is 8.62. The zero-order chi connectivity index (χ0) is 18.4. The van der Waals surface area contributed by atoms with Crippen molar-refractivity contribution in [3.05, 3.63) is 66.3 Å². The molecule has 0 unspecified atom stereocenters. The lowest BCUT2D eigenvalue weighted by Crippen LogP contribution is -2.09. The topological polar surface area (TPSA) is 65.2 Å². The van der Waals surface area contributed by atoms with E-state index in [1.165, 1.54) is 23.9 Å². The molecule has 0 fully saturated rings. The average molecular weight is 372 g/mol. The first-order valence-corrected chi connectivity index (χ1v) is 9.07. The van der Waals surface area contributed by atoms with Gasteiger partial charge in [-0.05, 0) is 43.3 Å². The number of hydrogen-bond acceptors (Lipinski definition) is 6. The van der Waals surface area contributed by atoms with Crippen LogP contribution in [0.5, 0.6) is 0 Å². The van der Waals surface area contributed by atoms with E-state index >= 15 is 0 Å². The van der Waals surface area contributed by atoms with Crippen LogP contribution in [0.4, 0.5) is 4.39 Å². The van der Waals surface area contributed by atoms with Crippen molar-refractivity contribution in [3.63, 3.8) is 0 Å². The first-order chi connectivity index (χ1) is 12.6. The second-order valence-corrected chi connectivity index (χ2v) is 6.66. The molecule has 5 nitrogen and oxygen atoms in total. The number of thioether (sulfide) groups is 1. The van der Waals surface area contributed by atoms with Crippen molar-refractivity contribution in [1.29, 1.82) is 0 Å².